The fourth-order valence-corrected chi connectivity index (χ4v) is 5.01. The van der Waals surface area contributed by atoms with Crippen LogP contribution >= 0.6 is 0 Å². The van der Waals surface area contributed by atoms with E-state index in [1.807, 2.05) is 0 Å². The lowest BCUT2D eigenvalue weighted by Gasteiger charge is -2.14. The van der Waals surface area contributed by atoms with Gasteiger partial charge in [-0.2, -0.15) is 0 Å². The van der Waals surface area contributed by atoms with Crippen molar-refractivity contribution in [3.8, 4) is 22.3 Å². The Labute approximate surface area is 169 Å². The van der Waals surface area contributed by atoms with Crippen LogP contribution in [0.3, 0.4) is 0 Å². The van der Waals surface area contributed by atoms with Crippen LogP contribution in [0.1, 0.15) is 33.4 Å². The van der Waals surface area contributed by atoms with Crippen molar-refractivity contribution in [2.24, 2.45) is 5.16 Å². The maximum absolute atomic E-state index is 10.1. The minimum absolute atomic E-state index is 0.666. The van der Waals surface area contributed by atoms with Crippen LogP contribution in [0.4, 0.5) is 0 Å². The minimum Gasteiger partial charge on any atom is -0.410 e. The number of fused-ring (bicyclic) bond motifs is 6. The molecule has 0 amide bonds. The van der Waals surface area contributed by atoms with Gasteiger partial charge >= 0.3 is 0 Å². The second-order valence-electron chi connectivity index (χ2n) is 7.78. The van der Waals surface area contributed by atoms with E-state index in [1.54, 1.807) is 0 Å². The Bertz CT molecular complexity index is 1220. The third-order valence-corrected chi connectivity index (χ3v) is 6.31. The lowest BCUT2D eigenvalue weighted by molar-refractivity contribution is 0.319. The van der Waals surface area contributed by atoms with Gasteiger partial charge in [-0.1, -0.05) is 90.1 Å². The Hall–Kier alpha value is -3.65. The summed E-state index contributed by atoms with van der Waals surface area (Å²) in [5, 5.41) is 13.9. The molecule has 0 bridgehead atoms. The molecule has 0 atom stereocenters. The summed E-state index contributed by atoms with van der Waals surface area (Å²) in [7, 11) is 0. The summed E-state index contributed by atoms with van der Waals surface area (Å²) in [6.07, 6.45) is 1.74. The molecule has 0 heterocycles. The Morgan fingerprint density at radius 2 is 1.00 bits per heavy atom. The third-order valence-electron chi connectivity index (χ3n) is 6.31. The van der Waals surface area contributed by atoms with Crippen LogP contribution in [0.15, 0.2) is 90.1 Å². The highest BCUT2D eigenvalue weighted by Gasteiger charge is 2.27. The first kappa shape index (κ1) is 16.3. The normalized spacial score (nSPS) is 12.7. The van der Waals surface area contributed by atoms with Gasteiger partial charge in [0, 0.05) is 11.1 Å². The van der Waals surface area contributed by atoms with Crippen LogP contribution < -0.4 is 0 Å². The topological polar surface area (TPSA) is 32.6 Å². The zero-order valence-electron chi connectivity index (χ0n) is 15.9. The fraction of sp³-hybridized carbons (Fsp3) is 0.0741. The minimum atomic E-state index is 0.666. The summed E-state index contributed by atoms with van der Waals surface area (Å²) in [6, 6.07) is 29.7. The Morgan fingerprint density at radius 1 is 0.552 bits per heavy atom. The van der Waals surface area contributed by atoms with Gasteiger partial charge < -0.3 is 5.21 Å². The first-order chi connectivity index (χ1) is 14.3. The van der Waals surface area contributed by atoms with Gasteiger partial charge in [0.05, 0.1) is 0 Å². The number of rotatable bonds is 2. The van der Waals surface area contributed by atoms with Crippen LogP contribution in [0.25, 0.3) is 22.3 Å². The Kier molecular flexibility index (Phi) is 3.48. The van der Waals surface area contributed by atoms with E-state index < -0.39 is 0 Å². The SMILES string of the molecule is ON=C(c1cccc2c1Cc1ccccc1-2)c1cccc2c1Cc1ccccc1-2. The molecule has 6 rings (SSSR count). The molecule has 0 spiro atoms. The largest absolute Gasteiger partial charge is 0.410 e. The second-order valence-corrected chi connectivity index (χ2v) is 7.78. The van der Waals surface area contributed by atoms with Gasteiger partial charge in [0.2, 0.25) is 0 Å². The molecular weight excluding hydrogens is 354 g/mol. The lowest BCUT2D eigenvalue weighted by Crippen LogP contribution is -2.10. The summed E-state index contributed by atoms with van der Waals surface area (Å²) in [5.41, 5.74) is 12.9. The van der Waals surface area contributed by atoms with E-state index in [9.17, 15) is 5.21 Å². The van der Waals surface area contributed by atoms with Crippen molar-refractivity contribution < 1.29 is 5.21 Å². The number of oxime groups is 1. The maximum Gasteiger partial charge on any atom is 0.117 e. The van der Waals surface area contributed by atoms with E-state index in [0.29, 0.717) is 5.71 Å². The van der Waals surface area contributed by atoms with Crippen LogP contribution in [-0.2, 0) is 12.8 Å². The Balaban J connectivity index is 1.52. The molecule has 0 unspecified atom stereocenters. The second kappa shape index (κ2) is 6.18. The van der Waals surface area contributed by atoms with Gasteiger partial charge in [0.15, 0.2) is 0 Å². The predicted molar refractivity (Wildman–Crippen MR) is 117 cm³/mol. The van der Waals surface area contributed by atoms with E-state index in [0.717, 1.165) is 24.0 Å². The highest BCUT2D eigenvalue weighted by molar-refractivity contribution is 6.16. The molecule has 0 fully saturated rings. The molecule has 29 heavy (non-hydrogen) atoms. The number of hydrogen-bond donors (Lipinski definition) is 1. The number of benzene rings is 4. The van der Waals surface area contributed by atoms with Crippen molar-refractivity contribution in [2.75, 3.05) is 0 Å². The molecule has 0 radical (unpaired) electrons. The van der Waals surface area contributed by atoms with Gasteiger partial charge in [0.25, 0.3) is 0 Å². The summed E-state index contributed by atoms with van der Waals surface area (Å²) >= 11 is 0. The molecule has 2 aliphatic carbocycles. The fourth-order valence-electron chi connectivity index (χ4n) is 5.01. The molecule has 0 aromatic heterocycles. The highest BCUT2D eigenvalue weighted by Crippen LogP contribution is 2.41. The van der Waals surface area contributed by atoms with Crippen molar-refractivity contribution in [1.82, 2.24) is 0 Å². The lowest BCUT2D eigenvalue weighted by atomic mass is 9.90. The smallest absolute Gasteiger partial charge is 0.117 e. The molecule has 138 valence electrons. The first-order valence-corrected chi connectivity index (χ1v) is 9.98. The van der Waals surface area contributed by atoms with E-state index in [1.165, 1.54) is 44.5 Å². The van der Waals surface area contributed by atoms with Crippen molar-refractivity contribution in [3.05, 3.63) is 118 Å². The summed E-state index contributed by atoms with van der Waals surface area (Å²) < 4.78 is 0. The molecule has 0 saturated carbocycles. The highest BCUT2D eigenvalue weighted by atomic mass is 16.4. The molecule has 4 aromatic carbocycles. The Morgan fingerprint density at radius 3 is 1.48 bits per heavy atom. The molecule has 1 N–H and O–H groups in total. The first-order valence-electron chi connectivity index (χ1n) is 9.98. The average Bonchev–Trinajstić information content (AvgIpc) is 3.34. The van der Waals surface area contributed by atoms with Crippen LogP contribution in [-0.4, -0.2) is 10.9 Å². The average molecular weight is 373 g/mol. The van der Waals surface area contributed by atoms with E-state index in [2.05, 4.69) is 90.1 Å². The molecular formula is C27H19NO. The van der Waals surface area contributed by atoms with Gasteiger partial charge in [0.1, 0.15) is 5.71 Å². The van der Waals surface area contributed by atoms with Crippen molar-refractivity contribution in [1.29, 1.82) is 0 Å². The third kappa shape index (κ3) is 2.32. The summed E-state index contributed by atoms with van der Waals surface area (Å²) in [6.45, 7) is 0. The van der Waals surface area contributed by atoms with Crippen LogP contribution in [0, 0.1) is 0 Å². The van der Waals surface area contributed by atoms with Gasteiger partial charge in [-0.15, -0.1) is 0 Å². The van der Waals surface area contributed by atoms with Crippen molar-refractivity contribution >= 4 is 5.71 Å². The molecule has 0 saturated heterocycles. The molecule has 4 aromatic rings. The van der Waals surface area contributed by atoms with E-state index >= 15 is 0 Å². The van der Waals surface area contributed by atoms with Crippen LogP contribution in [0.2, 0.25) is 0 Å². The van der Waals surface area contributed by atoms with Gasteiger partial charge in [-0.3, -0.25) is 0 Å². The quantitative estimate of drug-likeness (QED) is 0.223. The van der Waals surface area contributed by atoms with E-state index in [-0.39, 0.29) is 0 Å². The number of nitrogens with zero attached hydrogens (tertiary/aromatic N) is 1. The maximum atomic E-state index is 10.1. The summed E-state index contributed by atoms with van der Waals surface area (Å²) in [5.74, 6) is 0. The molecule has 2 aliphatic rings. The molecule has 2 nitrogen and oxygen atoms in total. The molecule has 2 heteroatoms. The van der Waals surface area contributed by atoms with Gasteiger partial charge in [-0.25, -0.2) is 0 Å². The zero-order chi connectivity index (χ0) is 19.4. The van der Waals surface area contributed by atoms with Gasteiger partial charge in [-0.05, 0) is 57.3 Å². The summed E-state index contributed by atoms with van der Waals surface area (Å²) in [4.78, 5) is 0. The zero-order valence-corrected chi connectivity index (χ0v) is 15.9. The van der Waals surface area contributed by atoms with Crippen LogP contribution in [0.5, 0.6) is 0 Å². The monoisotopic (exact) mass is 373 g/mol. The predicted octanol–water partition coefficient (Wildman–Crippen LogP) is 6.06. The standard InChI is InChI=1S/C27H19NO/c29-28-27(23-13-5-11-21-19-9-3-1-7-17(19)15-25(21)23)24-14-6-12-22-20-10-4-2-8-18(20)16-26(22)24/h1-14,29H,15-16H2. The molecule has 0 aliphatic heterocycles. The number of hydrogen-bond acceptors (Lipinski definition) is 2. The van der Waals surface area contributed by atoms with Crippen molar-refractivity contribution in [2.45, 2.75) is 12.8 Å². The van der Waals surface area contributed by atoms with Crippen molar-refractivity contribution in [3.63, 3.8) is 0 Å². The van der Waals surface area contributed by atoms with E-state index in [4.69, 9.17) is 0 Å².